The molecule has 10 heteroatoms. The van der Waals surface area contributed by atoms with Crippen LogP contribution in [0.3, 0.4) is 0 Å². The van der Waals surface area contributed by atoms with Crippen LogP contribution in [0.4, 0.5) is 5.82 Å². The van der Waals surface area contributed by atoms with E-state index in [9.17, 15) is 9.59 Å². The Labute approximate surface area is 201 Å². The van der Waals surface area contributed by atoms with E-state index >= 15 is 0 Å². The van der Waals surface area contributed by atoms with Crippen LogP contribution in [-0.2, 0) is 9.59 Å². The Morgan fingerprint density at radius 2 is 1.91 bits per heavy atom. The fraction of sp³-hybridized carbons (Fsp3) is 0.160. The van der Waals surface area contributed by atoms with Gasteiger partial charge in [0.25, 0.3) is 5.91 Å². The summed E-state index contributed by atoms with van der Waals surface area (Å²) in [6, 6.07) is 14.6. The molecular formula is C25H24N8O2. The number of nitrogens with zero attached hydrogens (tertiary/aromatic N) is 5. The average molecular weight is 469 g/mol. The number of carbonyl (C=O) groups excluding carboxylic acids is 2. The Morgan fingerprint density at radius 1 is 1.11 bits per heavy atom. The Bertz CT molecular complexity index is 1380. The quantitative estimate of drug-likeness (QED) is 0.341. The summed E-state index contributed by atoms with van der Waals surface area (Å²) < 4.78 is 1.75. The minimum absolute atomic E-state index is 0.106. The molecule has 0 spiro atoms. The summed E-state index contributed by atoms with van der Waals surface area (Å²) in [6.45, 7) is 1.80. The first-order valence-electron chi connectivity index (χ1n) is 10.9. The fourth-order valence-electron chi connectivity index (χ4n) is 3.55. The summed E-state index contributed by atoms with van der Waals surface area (Å²) in [6.07, 6.45) is 7.76. The first-order valence-corrected chi connectivity index (χ1v) is 10.9. The summed E-state index contributed by atoms with van der Waals surface area (Å²) in [5, 5.41) is 13.2. The number of nitrogens with one attached hydrogen (secondary N) is 3. The molecule has 3 N–H and O–H groups in total. The van der Waals surface area contributed by atoms with Gasteiger partial charge >= 0.3 is 0 Å². The first kappa shape index (κ1) is 23.4. The molecule has 4 rings (SSSR count). The molecule has 0 aliphatic rings. The number of imidazole rings is 1. The van der Waals surface area contributed by atoms with E-state index in [1.54, 1.807) is 42.0 Å². The largest absolute Gasteiger partial charge is 0.349 e. The average Bonchev–Trinajstić information content (AvgIpc) is 3.31. The third-order valence-corrected chi connectivity index (χ3v) is 5.40. The van der Waals surface area contributed by atoms with Crippen molar-refractivity contribution in [2.45, 2.75) is 13.0 Å². The van der Waals surface area contributed by atoms with E-state index in [0.29, 0.717) is 5.78 Å². The molecule has 3 heterocycles. The van der Waals surface area contributed by atoms with E-state index in [1.165, 1.54) is 7.05 Å². The molecule has 3 aromatic heterocycles. The van der Waals surface area contributed by atoms with Crippen molar-refractivity contribution in [3.05, 3.63) is 78.9 Å². The summed E-state index contributed by atoms with van der Waals surface area (Å²) in [5.74, 6) is -1.66. The first-order chi connectivity index (χ1) is 17.0. The number of anilines is 1. The zero-order valence-corrected chi connectivity index (χ0v) is 19.2. The van der Waals surface area contributed by atoms with Crippen molar-refractivity contribution >= 4 is 35.3 Å². The van der Waals surface area contributed by atoms with Crippen LogP contribution < -0.4 is 10.6 Å². The molecule has 35 heavy (non-hydrogen) atoms. The summed E-state index contributed by atoms with van der Waals surface area (Å²) in [5.41, 5.74) is 2.40. The van der Waals surface area contributed by atoms with Gasteiger partial charge in [0.15, 0.2) is 0 Å². The van der Waals surface area contributed by atoms with Crippen LogP contribution in [0.15, 0.2) is 78.3 Å². The van der Waals surface area contributed by atoms with Crippen molar-refractivity contribution in [2.24, 2.45) is 10.9 Å². The van der Waals surface area contributed by atoms with Gasteiger partial charge in [-0.3, -0.25) is 24.0 Å². The number of aromatic nitrogens is 4. The lowest BCUT2D eigenvalue weighted by atomic mass is 10.0. The lowest BCUT2D eigenvalue weighted by molar-refractivity contribution is -0.122. The molecule has 4 aromatic rings. The van der Waals surface area contributed by atoms with Gasteiger partial charge in [-0.15, -0.1) is 0 Å². The van der Waals surface area contributed by atoms with E-state index in [2.05, 4.69) is 30.6 Å². The topological polar surface area (TPSA) is 137 Å². The monoisotopic (exact) mass is 468 g/mol. The SMILES string of the molecule is CN=C(C(=O)Nc1ccn2cc(-c3ccccc3)nc2n1)C(C=N)C(=O)NC(C)c1cccnc1. The minimum atomic E-state index is -1.17. The van der Waals surface area contributed by atoms with Crippen LogP contribution in [0.5, 0.6) is 0 Å². The fourth-order valence-corrected chi connectivity index (χ4v) is 3.55. The smallest absolute Gasteiger partial charge is 0.271 e. The van der Waals surface area contributed by atoms with E-state index < -0.39 is 17.7 Å². The number of fused-ring (bicyclic) bond motifs is 1. The van der Waals surface area contributed by atoms with Crippen molar-refractivity contribution in [2.75, 3.05) is 12.4 Å². The van der Waals surface area contributed by atoms with E-state index in [4.69, 9.17) is 5.41 Å². The van der Waals surface area contributed by atoms with E-state index in [1.807, 2.05) is 42.6 Å². The molecule has 2 amide bonds. The van der Waals surface area contributed by atoms with E-state index in [-0.39, 0.29) is 17.6 Å². The van der Waals surface area contributed by atoms with Crippen molar-refractivity contribution < 1.29 is 9.59 Å². The molecular weight excluding hydrogens is 444 g/mol. The molecule has 0 aliphatic carbocycles. The van der Waals surface area contributed by atoms with Crippen LogP contribution in [0, 0.1) is 11.3 Å². The van der Waals surface area contributed by atoms with Gasteiger partial charge in [-0.25, -0.2) is 4.98 Å². The molecule has 176 valence electrons. The second kappa shape index (κ2) is 10.5. The number of benzene rings is 1. The highest BCUT2D eigenvalue weighted by Gasteiger charge is 2.29. The van der Waals surface area contributed by atoms with Crippen molar-refractivity contribution in [1.82, 2.24) is 24.7 Å². The molecule has 0 radical (unpaired) electrons. The van der Waals surface area contributed by atoms with Crippen molar-refractivity contribution in [1.29, 1.82) is 5.41 Å². The van der Waals surface area contributed by atoms with Gasteiger partial charge in [0, 0.05) is 43.6 Å². The number of rotatable bonds is 8. The zero-order chi connectivity index (χ0) is 24.8. The predicted octanol–water partition coefficient (Wildman–Crippen LogP) is 2.94. The molecule has 0 saturated carbocycles. The molecule has 0 fully saturated rings. The molecule has 2 atom stereocenters. The van der Waals surface area contributed by atoms with Crippen LogP contribution in [0.1, 0.15) is 18.5 Å². The Hall–Kier alpha value is -4.73. The Kier molecular flexibility index (Phi) is 7.01. The maximum atomic E-state index is 13.0. The molecule has 10 nitrogen and oxygen atoms in total. The van der Waals surface area contributed by atoms with Crippen molar-refractivity contribution in [3.63, 3.8) is 0 Å². The molecule has 0 bridgehead atoms. The van der Waals surface area contributed by atoms with Gasteiger partial charge in [0.05, 0.1) is 11.7 Å². The van der Waals surface area contributed by atoms with Gasteiger partial charge in [0.2, 0.25) is 11.7 Å². The van der Waals surface area contributed by atoms with Gasteiger partial charge in [-0.05, 0) is 24.6 Å². The summed E-state index contributed by atoms with van der Waals surface area (Å²) in [7, 11) is 1.40. The van der Waals surface area contributed by atoms with Crippen LogP contribution in [0.2, 0.25) is 0 Å². The highest BCUT2D eigenvalue weighted by Crippen LogP contribution is 2.19. The third-order valence-electron chi connectivity index (χ3n) is 5.40. The standard InChI is InChI=1S/C25H24N8O2/c1-16(18-9-6-11-28-14-18)29-23(34)19(13-26)22(27-2)24(35)31-21-10-12-33-15-20(30-25(33)32-21)17-7-4-3-5-8-17/h3-16,19,26H,1-2H3,(H,29,34)(H,30,31,32,35). The maximum absolute atomic E-state index is 13.0. The zero-order valence-electron chi connectivity index (χ0n) is 19.2. The van der Waals surface area contributed by atoms with Crippen LogP contribution >= 0.6 is 0 Å². The highest BCUT2D eigenvalue weighted by molar-refractivity contribution is 6.49. The number of amides is 2. The van der Waals surface area contributed by atoms with Gasteiger partial charge < -0.3 is 16.0 Å². The third kappa shape index (κ3) is 5.27. The number of hydrogen-bond donors (Lipinski definition) is 3. The summed E-state index contributed by atoms with van der Waals surface area (Å²) in [4.78, 5) is 42.8. The lowest BCUT2D eigenvalue weighted by Gasteiger charge is -2.18. The maximum Gasteiger partial charge on any atom is 0.271 e. The Balaban J connectivity index is 1.48. The van der Waals surface area contributed by atoms with Gasteiger partial charge in [-0.1, -0.05) is 36.4 Å². The second-order valence-electron chi connectivity index (χ2n) is 7.74. The highest BCUT2D eigenvalue weighted by atomic mass is 16.2. The van der Waals surface area contributed by atoms with Crippen LogP contribution in [-0.4, -0.2) is 50.1 Å². The van der Waals surface area contributed by atoms with Gasteiger partial charge in [0.1, 0.15) is 17.4 Å². The normalized spacial score (nSPS) is 13.1. The number of hydrogen-bond acceptors (Lipinski definition) is 7. The number of carbonyl (C=O) groups is 2. The van der Waals surface area contributed by atoms with Gasteiger partial charge in [-0.2, -0.15) is 4.98 Å². The van der Waals surface area contributed by atoms with Crippen molar-refractivity contribution in [3.8, 4) is 11.3 Å². The molecule has 0 saturated heterocycles. The number of aliphatic imine (C=N–C) groups is 1. The Morgan fingerprint density at radius 3 is 2.60 bits per heavy atom. The lowest BCUT2D eigenvalue weighted by Crippen LogP contribution is -2.42. The molecule has 0 aliphatic heterocycles. The second-order valence-corrected chi connectivity index (χ2v) is 7.74. The van der Waals surface area contributed by atoms with Crippen LogP contribution in [0.25, 0.3) is 17.0 Å². The predicted molar refractivity (Wildman–Crippen MR) is 133 cm³/mol. The van der Waals surface area contributed by atoms with E-state index in [0.717, 1.165) is 23.0 Å². The minimum Gasteiger partial charge on any atom is -0.349 e. The molecule has 2 unspecified atom stereocenters. The number of pyridine rings is 1. The summed E-state index contributed by atoms with van der Waals surface area (Å²) >= 11 is 0. The molecule has 1 aromatic carbocycles.